The number of amides is 2. The smallest absolute Gasteiger partial charge is 0.349 e. The van der Waals surface area contributed by atoms with Crippen molar-refractivity contribution in [1.82, 2.24) is 10.6 Å². The van der Waals surface area contributed by atoms with Crippen molar-refractivity contribution in [2.45, 2.75) is 18.9 Å². The maximum Gasteiger partial charge on any atom is 0.349 e. The van der Waals surface area contributed by atoms with Crippen molar-refractivity contribution >= 4 is 42.1 Å². The SMILES string of the molecule is N=C(CCC(=O)N[C@@H](CS)C(=O)NCC(=O)O)C(=O)O. The summed E-state index contributed by atoms with van der Waals surface area (Å²) in [5.41, 5.74) is -0.613. The molecular weight excluding hydrogens is 290 g/mol. The van der Waals surface area contributed by atoms with Gasteiger partial charge < -0.3 is 20.8 Å². The van der Waals surface area contributed by atoms with Gasteiger partial charge >= 0.3 is 11.9 Å². The van der Waals surface area contributed by atoms with Crippen molar-refractivity contribution in [2.24, 2.45) is 0 Å². The standard InChI is InChI=1S/C10H15N3O6S/c11-5(10(18)19)1-2-7(14)13-6(4-20)9(17)12-3-8(15)16/h6,11,20H,1-4H2,(H,12,17)(H,13,14)(H,15,16)(H,18,19)/t6-/m0/s1. The van der Waals surface area contributed by atoms with Crippen LogP contribution in [0, 0.1) is 5.41 Å². The van der Waals surface area contributed by atoms with Gasteiger partial charge in [-0.1, -0.05) is 0 Å². The van der Waals surface area contributed by atoms with E-state index in [1.165, 1.54) is 0 Å². The quantitative estimate of drug-likeness (QED) is 0.224. The van der Waals surface area contributed by atoms with Gasteiger partial charge in [-0.3, -0.25) is 19.8 Å². The van der Waals surface area contributed by atoms with Crippen LogP contribution < -0.4 is 10.6 Å². The Kier molecular flexibility index (Phi) is 7.97. The molecule has 0 fully saturated rings. The number of thiol groups is 1. The molecule has 9 nitrogen and oxygen atoms in total. The fourth-order valence-corrected chi connectivity index (χ4v) is 1.35. The molecule has 0 aromatic carbocycles. The molecule has 10 heteroatoms. The van der Waals surface area contributed by atoms with Gasteiger partial charge in [0.05, 0.1) is 0 Å². The van der Waals surface area contributed by atoms with E-state index >= 15 is 0 Å². The highest BCUT2D eigenvalue weighted by atomic mass is 32.1. The molecule has 0 bridgehead atoms. The summed E-state index contributed by atoms with van der Waals surface area (Å²) in [5, 5.41) is 28.2. The van der Waals surface area contributed by atoms with Crippen LogP contribution in [0.25, 0.3) is 0 Å². The number of carboxylic acid groups (broad SMARTS) is 2. The second kappa shape index (κ2) is 8.91. The van der Waals surface area contributed by atoms with Crippen molar-refractivity contribution in [2.75, 3.05) is 12.3 Å². The molecule has 0 saturated carbocycles. The molecule has 0 radical (unpaired) electrons. The highest BCUT2D eigenvalue weighted by Crippen LogP contribution is 1.95. The van der Waals surface area contributed by atoms with Gasteiger partial charge in [-0.2, -0.15) is 12.6 Å². The zero-order valence-corrected chi connectivity index (χ0v) is 11.3. The van der Waals surface area contributed by atoms with Gasteiger partial charge in [-0.15, -0.1) is 0 Å². The summed E-state index contributed by atoms with van der Waals surface area (Å²) >= 11 is 3.86. The van der Waals surface area contributed by atoms with Crippen LogP contribution in [-0.2, 0) is 19.2 Å². The number of carbonyl (C=O) groups excluding carboxylic acids is 2. The van der Waals surface area contributed by atoms with Crippen LogP contribution in [0.15, 0.2) is 0 Å². The van der Waals surface area contributed by atoms with Crippen LogP contribution in [0.1, 0.15) is 12.8 Å². The molecule has 0 saturated heterocycles. The zero-order chi connectivity index (χ0) is 15.7. The van der Waals surface area contributed by atoms with Crippen LogP contribution in [0.3, 0.4) is 0 Å². The Hall–Kier alpha value is -2.10. The van der Waals surface area contributed by atoms with E-state index in [2.05, 4.69) is 23.3 Å². The molecule has 0 aromatic rings. The maximum absolute atomic E-state index is 11.5. The van der Waals surface area contributed by atoms with Crippen molar-refractivity contribution in [3.05, 3.63) is 0 Å². The van der Waals surface area contributed by atoms with Gasteiger partial charge in [-0.25, -0.2) is 4.79 Å². The Morgan fingerprint density at radius 2 is 1.75 bits per heavy atom. The Labute approximate surface area is 119 Å². The Balaban J connectivity index is 4.24. The number of carboxylic acids is 2. The van der Waals surface area contributed by atoms with Gasteiger partial charge in [0.25, 0.3) is 0 Å². The predicted octanol–water partition coefficient (Wildman–Crippen LogP) is -1.51. The average Bonchev–Trinajstić information content (AvgIpc) is 2.38. The topological polar surface area (TPSA) is 157 Å². The molecule has 112 valence electrons. The van der Waals surface area contributed by atoms with Crippen molar-refractivity contribution in [1.29, 1.82) is 5.41 Å². The molecule has 0 spiro atoms. The average molecular weight is 305 g/mol. The number of aliphatic carboxylic acids is 2. The molecule has 0 rings (SSSR count). The summed E-state index contributed by atoms with van der Waals surface area (Å²) in [6.07, 6.45) is -0.529. The Bertz CT molecular complexity index is 425. The molecule has 0 aliphatic carbocycles. The van der Waals surface area contributed by atoms with Gasteiger partial charge in [0.15, 0.2) is 0 Å². The Morgan fingerprint density at radius 1 is 1.15 bits per heavy atom. The Morgan fingerprint density at radius 3 is 2.20 bits per heavy atom. The van der Waals surface area contributed by atoms with E-state index < -0.39 is 42.1 Å². The summed E-state index contributed by atoms with van der Waals surface area (Å²) in [7, 11) is 0. The van der Waals surface area contributed by atoms with Gasteiger partial charge in [0.1, 0.15) is 18.3 Å². The van der Waals surface area contributed by atoms with Crippen LogP contribution in [0.4, 0.5) is 0 Å². The predicted molar refractivity (Wildman–Crippen MR) is 71.0 cm³/mol. The number of hydrogen-bond donors (Lipinski definition) is 6. The summed E-state index contributed by atoms with van der Waals surface area (Å²) in [6.45, 7) is -0.581. The fraction of sp³-hybridized carbons (Fsp3) is 0.500. The molecular formula is C10H15N3O6S. The third kappa shape index (κ3) is 7.36. The lowest BCUT2D eigenvalue weighted by molar-refractivity contribution is -0.138. The summed E-state index contributed by atoms with van der Waals surface area (Å²) < 4.78 is 0. The molecule has 0 unspecified atom stereocenters. The van der Waals surface area contributed by atoms with Crippen molar-refractivity contribution in [3.63, 3.8) is 0 Å². The maximum atomic E-state index is 11.5. The third-order valence-electron chi connectivity index (χ3n) is 2.11. The highest BCUT2D eigenvalue weighted by molar-refractivity contribution is 7.80. The summed E-state index contributed by atoms with van der Waals surface area (Å²) in [5.74, 6) is -4.02. The minimum absolute atomic E-state index is 0.0480. The lowest BCUT2D eigenvalue weighted by atomic mass is 10.2. The second-order valence-corrected chi connectivity index (χ2v) is 4.06. The number of carbonyl (C=O) groups is 4. The molecule has 2 amide bonds. The van der Waals surface area contributed by atoms with Gasteiger partial charge in [0.2, 0.25) is 11.8 Å². The van der Waals surface area contributed by atoms with Crippen LogP contribution in [-0.4, -0.2) is 58.0 Å². The lowest BCUT2D eigenvalue weighted by Crippen LogP contribution is -2.49. The molecule has 1 atom stereocenters. The summed E-state index contributed by atoms with van der Waals surface area (Å²) in [6, 6.07) is -1.02. The second-order valence-electron chi connectivity index (χ2n) is 3.70. The third-order valence-corrected chi connectivity index (χ3v) is 2.47. The van der Waals surface area contributed by atoms with E-state index in [-0.39, 0.29) is 18.6 Å². The first-order valence-electron chi connectivity index (χ1n) is 5.48. The van der Waals surface area contributed by atoms with E-state index in [0.29, 0.717) is 0 Å². The number of hydrogen-bond acceptors (Lipinski definition) is 6. The molecule has 0 heterocycles. The minimum atomic E-state index is -1.41. The van der Waals surface area contributed by atoms with E-state index in [9.17, 15) is 19.2 Å². The van der Waals surface area contributed by atoms with E-state index in [1.54, 1.807) is 0 Å². The monoisotopic (exact) mass is 305 g/mol. The molecule has 0 aromatic heterocycles. The van der Waals surface area contributed by atoms with Gasteiger partial charge in [0, 0.05) is 18.6 Å². The van der Waals surface area contributed by atoms with Crippen molar-refractivity contribution < 1.29 is 29.4 Å². The first kappa shape index (κ1) is 17.9. The lowest BCUT2D eigenvalue weighted by Gasteiger charge is -2.15. The van der Waals surface area contributed by atoms with Crippen molar-refractivity contribution in [3.8, 4) is 0 Å². The first-order chi connectivity index (χ1) is 9.27. The molecule has 20 heavy (non-hydrogen) atoms. The fourth-order valence-electron chi connectivity index (χ4n) is 1.09. The van der Waals surface area contributed by atoms with E-state index in [1.807, 2.05) is 0 Å². The normalized spacial score (nSPS) is 11.2. The zero-order valence-electron chi connectivity index (χ0n) is 10.4. The van der Waals surface area contributed by atoms with Crippen LogP contribution in [0.2, 0.25) is 0 Å². The largest absolute Gasteiger partial charge is 0.480 e. The van der Waals surface area contributed by atoms with E-state index in [0.717, 1.165) is 0 Å². The van der Waals surface area contributed by atoms with Gasteiger partial charge in [-0.05, 0) is 0 Å². The van der Waals surface area contributed by atoms with Crippen LogP contribution >= 0.6 is 12.6 Å². The first-order valence-corrected chi connectivity index (χ1v) is 6.11. The number of rotatable bonds is 9. The molecule has 0 aliphatic rings. The van der Waals surface area contributed by atoms with Crippen LogP contribution in [0.5, 0.6) is 0 Å². The molecule has 0 aliphatic heterocycles. The van der Waals surface area contributed by atoms with E-state index in [4.69, 9.17) is 15.6 Å². The highest BCUT2D eigenvalue weighted by Gasteiger charge is 2.20. The summed E-state index contributed by atoms with van der Waals surface area (Å²) in [4.78, 5) is 43.6. The number of nitrogens with one attached hydrogen (secondary N) is 3. The minimum Gasteiger partial charge on any atom is -0.480 e. The molecule has 5 N–H and O–H groups in total.